The smallest absolute Gasteiger partial charge is 0.178 e. The molecule has 0 aromatic heterocycles. The lowest BCUT2D eigenvalue weighted by atomic mass is 10.1. The number of halogens is 1. The Kier molecular flexibility index (Phi) is 6.57. The first-order valence-corrected chi connectivity index (χ1v) is 9.77. The van der Waals surface area contributed by atoms with Crippen molar-refractivity contribution in [3.8, 4) is 11.5 Å². The number of ether oxygens (including phenoxy) is 1. The highest BCUT2D eigenvalue weighted by Crippen LogP contribution is 2.24. The molecule has 2 N–H and O–H groups in total. The molecule has 0 unspecified atom stereocenters. The van der Waals surface area contributed by atoms with Crippen molar-refractivity contribution in [1.82, 2.24) is 0 Å². The second-order valence-corrected chi connectivity index (χ2v) is 8.45. The number of thiol groups is 1. The number of rotatable bonds is 5. The summed E-state index contributed by atoms with van der Waals surface area (Å²) in [5.74, 6) is 1.60. The monoisotopic (exact) mass is 386 g/mol. The summed E-state index contributed by atoms with van der Waals surface area (Å²) in [5, 5.41) is 2.26. The predicted molar refractivity (Wildman–Crippen MR) is 100 cm³/mol. The van der Waals surface area contributed by atoms with Crippen LogP contribution in [0.15, 0.2) is 59.5 Å². The Labute approximate surface area is 154 Å². The molecule has 2 atom stereocenters. The molecule has 1 aliphatic rings. The Balaban J connectivity index is 0.00000208. The summed E-state index contributed by atoms with van der Waals surface area (Å²) in [6, 6.07) is 16.0. The molecule has 24 heavy (non-hydrogen) atoms. The second-order valence-electron chi connectivity index (χ2n) is 5.76. The van der Waals surface area contributed by atoms with Crippen LogP contribution in [-0.2, 0) is 9.84 Å². The zero-order valence-electron chi connectivity index (χ0n) is 13.0. The SMILES string of the molecule is Cl.O=S(=O)(C[C@H]1C[NH2+]C[C@@H]1S)c1ccc(Oc2ccccc2)cc1. The summed E-state index contributed by atoms with van der Waals surface area (Å²) in [6.07, 6.45) is 0. The minimum Gasteiger partial charge on any atom is -0.457 e. The number of hydrogen-bond acceptors (Lipinski definition) is 4. The van der Waals surface area contributed by atoms with E-state index in [-0.39, 0.29) is 29.3 Å². The molecule has 3 rings (SSSR count). The van der Waals surface area contributed by atoms with Crippen LogP contribution in [0.4, 0.5) is 0 Å². The molecule has 1 fully saturated rings. The van der Waals surface area contributed by atoms with Crippen LogP contribution in [0.25, 0.3) is 0 Å². The maximum Gasteiger partial charge on any atom is 0.178 e. The first-order valence-electron chi connectivity index (χ1n) is 7.60. The molecule has 0 saturated carbocycles. The van der Waals surface area contributed by atoms with Crippen LogP contribution < -0.4 is 10.1 Å². The van der Waals surface area contributed by atoms with E-state index < -0.39 is 9.84 Å². The highest BCUT2D eigenvalue weighted by molar-refractivity contribution is 7.91. The molecule has 0 amide bonds. The van der Waals surface area contributed by atoms with E-state index in [1.54, 1.807) is 24.3 Å². The fourth-order valence-electron chi connectivity index (χ4n) is 2.73. The van der Waals surface area contributed by atoms with Crippen molar-refractivity contribution in [2.45, 2.75) is 10.1 Å². The fourth-order valence-corrected chi connectivity index (χ4v) is 4.92. The van der Waals surface area contributed by atoms with Gasteiger partial charge in [0.1, 0.15) is 11.5 Å². The van der Waals surface area contributed by atoms with Crippen molar-refractivity contribution >= 4 is 34.9 Å². The van der Waals surface area contributed by atoms with E-state index in [0.717, 1.165) is 18.8 Å². The quantitative estimate of drug-likeness (QED) is 0.774. The van der Waals surface area contributed by atoms with Crippen molar-refractivity contribution in [3.05, 3.63) is 54.6 Å². The molecule has 1 saturated heterocycles. The lowest BCUT2D eigenvalue weighted by Gasteiger charge is -2.12. The van der Waals surface area contributed by atoms with Gasteiger partial charge < -0.3 is 10.1 Å². The lowest BCUT2D eigenvalue weighted by Crippen LogP contribution is -2.81. The summed E-state index contributed by atoms with van der Waals surface area (Å²) in [7, 11) is -3.29. The first-order chi connectivity index (χ1) is 11.0. The van der Waals surface area contributed by atoms with Crippen LogP contribution in [0.2, 0.25) is 0 Å². The van der Waals surface area contributed by atoms with Crippen LogP contribution in [0.3, 0.4) is 0 Å². The van der Waals surface area contributed by atoms with E-state index in [1.807, 2.05) is 30.3 Å². The predicted octanol–water partition coefficient (Wildman–Crippen LogP) is 2.17. The second kappa shape index (κ2) is 8.25. The maximum atomic E-state index is 12.5. The van der Waals surface area contributed by atoms with E-state index >= 15 is 0 Å². The third-order valence-corrected chi connectivity index (χ3v) is 6.51. The molecule has 0 radical (unpaired) electrons. The van der Waals surface area contributed by atoms with Crippen LogP contribution in [-0.4, -0.2) is 32.5 Å². The Morgan fingerprint density at radius 1 is 1.00 bits per heavy atom. The van der Waals surface area contributed by atoms with Crippen molar-refractivity contribution in [2.75, 3.05) is 18.8 Å². The Morgan fingerprint density at radius 2 is 1.62 bits per heavy atom. The van der Waals surface area contributed by atoms with E-state index in [1.165, 1.54) is 0 Å². The molecule has 4 nitrogen and oxygen atoms in total. The molecule has 1 heterocycles. The Bertz CT molecular complexity index is 751. The Hall–Kier alpha value is -1.21. The normalized spacial score (nSPS) is 20.4. The average molecular weight is 387 g/mol. The van der Waals surface area contributed by atoms with Gasteiger partial charge in [0.25, 0.3) is 0 Å². The summed E-state index contributed by atoms with van der Waals surface area (Å²) in [6.45, 7) is 1.70. The van der Waals surface area contributed by atoms with Crippen LogP contribution in [0, 0.1) is 5.92 Å². The highest BCUT2D eigenvalue weighted by atomic mass is 35.5. The van der Waals surface area contributed by atoms with Gasteiger partial charge in [-0.3, -0.25) is 0 Å². The van der Waals surface area contributed by atoms with Gasteiger partial charge in [0.05, 0.1) is 29.0 Å². The molecule has 1 aliphatic heterocycles. The van der Waals surface area contributed by atoms with Crippen LogP contribution in [0.5, 0.6) is 11.5 Å². The average Bonchev–Trinajstić information content (AvgIpc) is 2.93. The number of quaternary nitrogens is 1. The minimum absolute atomic E-state index is 0. The van der Waals surface area contributed by atoms with Crippen molar-refractivity contribution in [1.29, 1.82) is 0 Å². The molecular weight excluding hydrogens is 366 g/mol. The molecule has 2 aromatic rings. The number of sulfone groups is 1. The first kappa shape index (κ1) is 19.1. The van der Waals surface area contributed by atoms with Crippen LogP contribution >= 0.6 is 25.0 Å². The molecule has 0 spiro atoms. The van der Waals surface area contributed by atoms with Crippen molar-refractivity contribution in [3.63, 3.8) is 0 Å². The van der Waals surface area contributed by atoms with Crippen molar-refractivity contribution in [2.24, 2.45) is 5.92 Å². The fraction of sp³-hybridized carbons (Fsp3) is 0.294. The van der Waals surface area contributed by atoms with Gasteiger partial charge in [0, 0.05) is 5.92 Å². The highest BCUT2D eigenvalue weighted by Gasteiger charge is 2.32. The van der Waals surface area contributed by atoms with Gasteiger partial charge in [0.15, 0.2) is 9.84 Å². The molecule has 0 aliphatic carbocycles. The summed E-state index contributed by atoms with van der Waals surface area (Å²) >= 11 is 4.47. The minimum atomic E-state index is -3.29. The third kappa shape index (κ3) is 4.66. The van der Waals surface area contributed by atoms with Gasteiger partial charge >= 0.3 is 0 Å². The van der Waals surface area contributed by atoms with E-state index in [0.29, 0.717) is 10.6 Å². The number of para-hydroxylation sites is 1. The zero-order chi connectivity index (χ0) is 16.3. The molecule has 2 aromatic carbocycles. The summed E-state index contributed by atoms with van der Waals surface area (Å²) < 4.78 is 30.7. The van der Waals surface area contributed by atoms with Gasteiger partial charge in [-0.15, -0.1) is 12.4 Å². The largest absolute Gasteiger partial charge is 0.457 e. The van der Waals surface area contributed by atoms with E-state index in [9.17, 15) is 8.42 Å². The van der Waals surface area contributed by atoms with Gasteiger partial charge in [-0.2, -0.15) is 12.6 Å². The van der Waals surface area contributed by atoms with Crippen LogP contribution in [0.1, 0.15) is 0 Å². The number of nitrogens with two attached hydrogens (primary N) is 1. The standard InChI is InChI=1S/C17H19NO3S2.ClH/c19-23(20,12-13-10-18-11-17(13)22)16-8-6-15(7-9-16)21-14-4-2-1-3-5-14;/h1-9,13,17-18,22H,10-12H2;1H/p+1/t13-,17+;/m1./s1. The summed E-state index contributed by atoms with van der Waals surface area (Å²) in [5.41, 5.74) is 0. The van der Waals surface area contributed by atoms with Gasteiger partial charge in [0.2, 0.25) is 0 Å². The molecule has 0 bridgehead atoms. The zero-order valence-corrected chi connectivity index (χ0v) is 15.6. The van der Waals surface area contributed by atoms with Gasteiger partial charge in [-0.05, 0) is 36.4 Å². The molecule has 7 heteroatoms. The molecular formula is C17H21ClNO3S2+. The van der Waals surface area contributed by atoms with E-state index in [4.69, 9.17) is 4.74 Å². The van der Waals surface area contributed by atoms with E-state index in [2.05, 4.69) is 17.9 Å². The maximum absolute atomic E-state index is 12.5. The lowest BCUT2D eigenvalue weighted by molar-refractivity contribution is -0.637. The number of benzene rings is 2. The van der Waals surface area contributed by atoms with Crippen molar-refractivity contribution < 1.29 is 18.5 Å². The van der Waals surface area contributed by atoms with Gasteiger partial charge in [-0.25, -0.2) is 8.42 Å². The summed E-state index contributed by atoms with van der Waals surface area (Å²) in [4.78, 5) is 0.338. The molecule has 130 valence electrons. The topological polar surface area (TPSA) is 60.0 Å². The Morgan fingerprint density at radius 3 is 2.21 bits per heavy atom. The van der Waals surface area contributed by atoms with Gasteiger partial charge in [-0.1, -0.05) is 18.2 Å². The third-order valence-electron chi connectivity index (χ3n) is 4.02. The number of hydrogen-bond donors (Lipinski definition) is 2.